The van der Waals surface area contributed by atoms with E-state index in [-0.39, 0.29) is 11.5 Å². The third-order valence-electron chi connectivity index (χ3n) is 2.22. The van der Waals surface area contributed by atoms with E-state index in [1.165, 1.54) is 24.5 Å². The molecule has 0 radical (unpaired) electrons. The third-order valence-corrected chi connectivity index (χ3v) is 3.20. The first kappa shape index (κ1) is 12.7. The number of allylic oxidation sites excluding steroid dienone is 1. The number of thiophene rings is 1. The Balaban J connectivity index is 3.26. The maximum Gasteiger partial charge on any atom is 0.215 e. The van der Waals surface area contributed by atoms with Crippen LogP contribution < -0.4 is 0 Å². The molecule has 86 valence electrons. The van der Waals surface area contributed by atoms with Crippen LogP contribution in [0.15, 0.2) is 42.2 Å². The predicted molar refractivity (Wildman–Crippen MR) is 63.9 cm³/mol. The molecule has 16 heavy (non-hydrogen) atoms. The van der Waals surface area contributed by atoms with Crippen LogP contribution in [0.25, 0.3) is 0 Å². The van der Waals surface area contributed by atoms with Crippen molar-refractivity contribution in [2.75, 3.05) is 0 Å². The van der Waals surface area contributed by atoms with Gasteiger partial charge in [0, 0.05) is 0 Å². The monoisotopic (exact) mass is 238 g/mol. The van der Waals surface area contributed by atoms with Gasteiger partial charge in [-0.15, -0.1) is 11.3 Å². The molecule has 1 N–H and O–H groups in total. The Hall–Kier alpha value is -1.39. The van der Waals surface area contributed by atoms with Gasteiger partial charge in [-0.3, -0.25) is 4.79 Å². The fraction of sp³-hybridized carbons (Fsp3) is 0.250. The van der Waals surface area contributed by atoms with Gasteiger partial charge in [0.1, 0.15) is 5.76 Å². The van der Waals surface area contributed by atoms with Crippen LogP contribution in [0.2, 0.25) is 0 Å². The van der Waals surface area contributed by atoms with Gasteiger partial charge in [0.05, 0.1) is 11.1 Å². The molecule has 0 aliphatic carbocycles. The highest BCUT2D eigenvalue weighted by Gasteiger charge is 2.41. The van der Waals surface area contributed by atoms with Crippen molar-refractivity contribution < 1.29 is 14.6 Å². The average molecular weight is 238 g/mol. The first-order chi connectivity index (χ1) is 7.57. The first-order valence-corrected chi connectivity index (χ1v) is 5.67. The van der Waals surface area contributed by atoms with Gasteiger partial charge in [-0.1, -0.05) is 12.6 Å². The lowest BCUT2D eigenvalue weighted by Gasteiger charge is -2.25. The molecule has 4 heteroatoms. The lowest BCUT2D eigenvalue weighted by Crippen LogP contribution is -2.35. The Morgan fingerprint density at radius 1 is 1.69 bits per heavy atom. The standard InChI is InChI=1S/C12H14O3S/c1-4-10(15-5-2)12(14,9(3)13)11-7-6-8-16-11/h4-8,14H,2H2,1,3H3/b10-4-. The highest BCUT2D eigenvalue weighted by atomic mass is 32.1. The van der Waals surface area contributed by atoms with E-state index in [0.717, 1.165) is 0 Å². The fourth-order valence-electron chi connectivity index (χ4n) is 1.40. The summed E-state index contributed by atoms with van der Waals surface area (Å²) in [4.78, 5) is 12.2. The van der Waals surface area contributed by atoms with Crippen molar-refractivity contribution in [3.8, 4) is 0 Å². The van der Waals surface area contributed by atoms with Gasteiger partial charge in [0.25, 0.3) is 0 Å². The van der Waals surface area contributed by atoms with Gasteiger partial charge >= 0.3 is 0 Å². The lowest BCUT2D eigenvalue weighted by atomic mass is 9.94. The second-order valence-electron chi connectivity index (χ2n) is 3.18. The van der Waals surface area contributed by atoms with Gasteiger partial charge < -0.3 is 9.84 Å². The van der Waals surface area contributed by atoms with Crippen molar-refractivity contribution in [1.29, 1.82) is 0 Å². The van der Waals surface area contributed by atoms with E-state index in [2.05, 4.69) is 6.58 Å². The van der Waals surface area contributed by atoms with Crippen molar-refractivity contribution in [3.05, 3.63) is 47.1 Å². The van der Waals surface area contributed by atoms with Crippen molar-refractivity contribution in [2.45, 2.75) is 19.4 Å². The molecule has 1 aromatic rings. The summed E-state index contributed by atoms with van der Waals surface area (Å²) in [5.74, 6) is -0.206. The minimum atomic E-state index is -1.71. The first-order valence-electron chi connectivity index (χ1n) is 4.79. The Morgan fingerprint density at radius 2 is 2.38 bits per heavy atom. The largest absolute Gasteiger partial charge is 0.466 e. The molecule has 1 aromatic heterocycles. The van der Waals surface area contributed by atoms with E-state index in [9.17, 15) is 9.90 Å². The number of aliphatic hydroxyl groups is 1. The molecule has 0 bridgehead atoms. The maximum atomic E-state index is 11.6. The molecule has 1 unspecified atom stereocenters. The van der Waals surface area contributed by atoms with E-state index < -0.39 is 5.60 Å². The normalized spacial score (nSPS) is 15.3. The zero-order valence-electron chi connectivity index (χ0n) is 9.27. The summed E-state index contributed by atoms with van der Waals surface area (Å²) in [6.45, 7) is 6.44. The molecular weight excluding hydrogens is 224 g/mol. The van der Waals surface area contributed by atoms with Crippen molar-refractivity contribution >= 4 is 17.1 Å². The van der Waals surface area contributed by atoms with Gasteiger partial charge in [-0.2, -0.15) is 0 Å². The molecule has 0 aliphatic rings. The molecule has 0 amide bonds. The second kappa shape index (κ2) is 5.09. The maximum absolute atomic E-state index is 11.6. The van der Waals surface area contributed by atoms with Crippen LogP contribution in [0, 0.1) is 0 Å². The number of rotatable bonds is 5. The molecule has 3 nitrogen and oxygen atoms in total. The molecule has 1 atom stereocenters. The molecule has 0 saturated carbocycles. The number of Topliss-reactive ketones (excluding diaryl/α,β-unsaturated/α-hetero) is 1. The minimum absolute atomic E-state index is 0.178. The smallest absolute Gasteiger partial charge is 0.215 e. The molecule has 0 saturated heterocycles. The van der Waals surface area contributed by atoms with E-state index in [1.54, 1.807) is 30.5 Å². The van der Waals surface area contributed by atoms with Crippen LogP contribution in [0.1, 0.15) is 18.7 Å². The molecular formula is C12H14O3S. The van der Waals surface area contributed by atoms with Gasteiger partial charge in [0.2, 0.25) is 5.60 Å². The summed E-state index contributed by atoms with van der Waals surface area (Å²) in [6, 6.07) is 3.47. The van der Waals surface area contributed by atoms with Crippen LogP contribution in [0.3, 0.4) is 0 Å². The second-order valence-corrected chi connectivity index (χ2v) is 4.13. The van der Waals surface area contributed by atoms with E-state index in [1.807, 2.05) is 0 Å². The zero-order chi connectivity index (χ0) is 12.2. The fourth-order valence-corrected chi connectivity index (χ4v) is 2.28. The summed E-state index contributed by atoms with van der Waals surface area (Å²) in [6.07, 6.45) is 2.75. The average Bonchev–Trinajstić information content (AvgIpc) is 2.78. The molecule has 0 aromatic carbocycles. The quantitative estimate of drug-likeness (QED) is 0.802. The SMILES string of the molecule is C=CO/C(=C\C)C(O)(C(C)=O)c1cccs1. The Morgan fingerprint density at radius 3 is 2.75 bits per heavy atom. The number of carbonyl (C=O) groups excluding carboxylic acids is 1. The van der Waals surface area contributed by atoms with Crippen molar-refractivity contribution in [1.82, 2.24) is 0 Å². The van der Waals surface area contributed by atoms with Gasteiger partial charge in [-0.05, 0) is 31.4 Å². The van der Waals surface area contributed by atoms with E-state index >= 15 is 0 Å². The van der Waals surface area contributed by atoms with Crippen molar-refractivity contribution in [3.63, 3.8) is 0 Å². The highest BCUT2D eigenvalue weighted by Crippen LogP contribution is 2.34. The van der Waals surface area contributed by atoms with Crippen LogP contribution in [-0.4, -0.2) is 10.9 Å². The number of ketones is 1. The van der Waals surface area contributed by atoms with Crippen LogP contribution in [0.4, 0.5) is 0 Å². The lowest BCUT2D eigenvalue weighted by molar-refractivity contribution is -0.134. The third kappa shape index (κ3) is 2.08. The summed E-state index contributed by atoms with van der Waals surface area (Å²) in [5, 5.41) is 12.3. The zero-order valence-corrected chi connectivity index (χ0v) is 10.1. The molecule has 0 spiro atoms. The molecule has 0 aliphatic heterocycles. The van der Waals surface area contributed by atoms with Crippen LogP contribution >= 0.6 is 11.3 Å². The number of carbonyl (C=O) groups is 1. The van der Waals surface area contributed by atoms with Crippen LogP contribution in [-0.2, 0) is 15.1 Å². The van der Waals surface area contributed by atoms with E-state index in [0.29, 0.717) is 4.88 Å². The highest BCUT2D eigenvalue weighted by molar-refractivity contribution is 7.10. The molecule has 1 heterocycles. The number of ether oxygens (including phenoxy) is 1. The summed E-state index contributed by atoms with van der Waals surface area (Å²) in [7, 11) is 0. The Bertz CT molecular complexity index is 406. The van der Waals surface area contributed by atoms with E-state index in [4.69, 9.17) is 4.74 Å². The minimum Gasteiger partial charge on any atom is -0.466 e. The molecule has 0 fully saturated rings. The summed E-state index contributed by atoms with van der Waals surface area (Å²) in [5.41, 5.74) is -1.71. The van der Waals surface area contributed by atoms with Crippen LogP contribution in [0.5, 0.6) is 0 Å². The summed E-state index contributed by atoms with van der Waals surface area (Å²) < 4.78 is 5.10. The van der Waals surface area contributed by atoms with Gasteiger partial charge in [0.15, 0.2) is 5.78 Å². The predicted octanol–water partition coefficient (Wildman–Crippen LogP) is 2.59. The topological polar surface area (TPSA) is 46.5 Å². The summed E-state index contributed by atoms with van der Waals surface area (Å²) >= 11 is 1.30. The Kier molecular flexibility index (Phi) is 4.04. The van der Waals surface area contributed by atoms with Gasteiger partial charge in [-0.25, -0.2) is 0 Å². The molecule has 1 rings (SSSR count). The number of hydrogen-bond acceptors (Lipinski definition) is 4. The number of hydrogen-bond donors (Lipinski definition) is 1. The van der Waals surface area contributed by atoms with Crippen molar-refractivity contribution in [2.24, 2.45) is 0 Å². The Labute approximate surface area is 98.7 Å².